The molecule has 2 rings (SSSR count). The largest absolute Gasteiger partial charge is 0.497 e. The number of hydrogen-bond acceptors (Lipinski definition) is 3. The molecular formula is C18H21NO3S. The molecule has 4 nitrogen and oxygen atoms in total. The lowest BCUT2D eigenvalue weighted by Crippen LogP contribution is -2.09. The van der Waals surface area contributed by atoms with Gasteiger partial charge in [0.1, 0.15) is 5.75 Å². The summed E-state index contributed by atoms with van der Waals surface area (Å²) in [7, 11) is -2.05. The number of aryl methyl sites for hydroxylation is 3. The molecule has 0 amide bonds. The lowest BCUT2D eigenvalue weighted by atomic mass is 10.0. The van der Waals surface area contributed by atoms with E-state index in [4.69, 9.17) is 4.74 Å². The molecule has 5 heteroatoms. The highest BCUT2D eigenvalue weighted by molar-refractivity contribution is 7.95. The number of rotatable bonds is 5. The van der Waals surface area contributed by atoms with Gasteiger partial charge in [0.15, 0.2) is 0 Å². The van der Waals surface area contributed by atoms with Crippen molar-refractivity contribution in [1.29, 1.82) is 0 Å². The van der Waals surface area contributed by atoms with Crippen molar-refractivity contribution in [3.8, 4) is 5.75 Å². The van der Waals surface area contributed by atoms with E-state index in [2.05, 4.69) is 4.72 Å². The topological polar surface area (TPSA) is 55.4 Å². The molecule has 0 radical (unpaired) electrons. The van der Waals surface area contributed by atoms with Crippen LogP contribution in [0.1, 0.15) is 22.3 Å². The Morgan fingerprint density at radius 2 is 1.70 bits per heavy atom. The van der Waals surface area contributed by atoms with E-state index in [0.29, 0.717) is 11.4 Å². The smallest absolute Gasteiger partial charge is 0.255 e. The van der Waals surface area contributed by atoms with E-state index >= 15 is 0 Å². The first-order valence-corrected chi connectivity index (χ1v) is 8.78. The van der Waals surface area contributed by atoms with Crippen molar-refractivity contribution in [2.45, 2.75) is 20.8 Å². The fraction of sp³-hybridized carbons (Fsp3) is 0.222. The molecule has 0 spiro atoms. The molecule has 0 saturated heterocycles. The second-order valence-corrected chi connectivity index (χ2v) is 7.06. The van der Waals surface area contributed by atoms with Gasteiger partial charge in [-0.2, -0.15) is 0 Å². The normalized spacial score (nSPS) is 11.7. The Kier molecular flexibility index (Phi) is 5.11. The second-order valence-electron chi connectivity index (χ2n) is 5.49. The molecule has 0 aliphatic carbocycles. The quantitative estimate of drug-likeness (QED) is 0.900. The summed E-state index contributed by atoms with van der Waals surface area (Å²) in [5.41, 5.74) is 4.65. The van der Waals surface area contributed by atoms with Crippen LogP contribution in [0.3, 0.4) is 0 Å². The lowest BCUT2D eigenvalue weighted by molar-refractivity contribution is 0.415. The number of sulfonamides is 1. The number of methoxy groups -OCH3 is 1. The zero-order chi connectivity index (χ0) is 17.0. The Morgan fingerprint density at radius 1 is 1.04 bits per heavy atom. The highest BCUT2D eigenvalue weighted by atomic mass is 32.2. The summed E-state index contributed by atoms with van der Waals surface area (Å²) in [6.07, 6.45) is 1.63. The predicted octanol–water partition coefficient (Wildman–Crippen LogP) is 4.03. The maximum Gasteiger partial charge on any atom is 0.255 e. The molecule has 0 bridgehead atoms. The van der Waals surface area contributed by atoms with Gasteiger partial charge in [-0.05, 0) is 55.7 Å². The van der Waals surface area contributed by atoms with E-state index in [0.717, 1.165) is 22.3 Å². The van der Waals surface area contributed by atoms with E-state index in [1.54, 1.807) is 30.3 Å². The van der Waals surface area contributed by atoms with Crippen LogP contribution < -0.4 is 9.46 Å². The van der Waals surface area contributed by atoms with Crippen molar-refractivity contribution in [3.63, 3.8) is 0 Å². The monoisotopic (exact) mass is 331 g/mol. The van der Waals surface area contributed by atoms with E-state index in [1.807, 2.05) is 32.9 Å². The van der Waals surface area contributed by atoms with Gasteiger partial charge in [0.2, 0.25) is 0 Å². The predicted molar refractivity (Wildman–Crippen MR) is 95.2 cm³/mol. The third-order valence-electron chi connectivity index (χ3n) is 3.48. The van der Waals surface area contributed by atoms with E-state index in [9.17, 15) is 8.42 Å². The van der Waals surface area contributed by atoms with E-state index < -0.39 is 10.0 Å². The third kappa shape index (κ3) is 4.60. The van der Waals surface area contributed by atoms with Gasteiger partial charge in [-0.1, -0.05) is 23.8 Å². The van der Waals surface area contributed by atoms with Crippen LogP contribution in [-0.4, -0.2) is 15.5 Å². The molecule has 0 aliphatic heterocycles. The molecule has 122 valence electrons. The average Bonchev–Trinajstić information content (AvgIpc) is 2.45. The molecule has 0 aliphatic rings. The van der Waals surface area contributed by atoms with Crippen molar-refractivity contribution < 1.29 is 13.2 Å². The van der Waals surface area contributed by atoms with Crippen molar-refractivity contribution in [2.75, 3.05) is 11.8 Å². The van der Waals surface area contributed by atoms with E-state index in [-0.39, 0.29) is 0 Å². The Hall–Kier alpha value is -2.27. The van der Waals surface area contributed by atoms with Gasteiger partial charge in [0, 0.05) is 6.07 Å². The van der Waals surface area contributed by atoms with Crippen molar-refractivity contribution >= 4 is 21.8 Å². The summed E-state index contributed by atoms with van der Waals surface area (Å²) in [6.45, 7) is 5.97. The minimum Gasteiger partial charge on any atom is -0.497 e. The van der Waals surface area contributed by atoms with Gasteiger partial charge < -0.3 is 4.74 Å². The molecule has 0 saturated carbocycles. The zero-order valence-corrected chi connectivity index (χ0v) is 14.6. The number of nitrogens with one attached hydrogen (secondary N) is 1. The molecule has 0 unspecified atom stereocenters. The molecule has 23 heavy (non-hydrogen) atoms. The zero-order valence-electron chi connectivity index (χ0n) is 13.8. The van der Waals surface area contributed by atoms with Crippen molar-refractivity contribution in [1.82, 2.24) is 0 Å². The fourth-order valence-corrected chi connectivity index (χ4v) is 3.34. The third-order valence-corrected chi connectivity index (χ3v) is 4.50. The van der Waals surface area contributed by atoms with Crippen LogP contribution in [0, 0.1) is 20.8 Å². The second kappa shape index (κ2) is 6.87. The molecule has 2 aromatic rings. The van der Waals surface area contributed by atoms with Gasteiger partial charge in [-0.25, -0.2) is 8.42 Å². The van der Waals surface area contributed by atoms with Gasteiger partial charge >= 0.3 is 0 Å². The minimum absolute atomic E-state index is 0.464. The van der Waals surface area contributed by atoms with Gasteiger partial charge in [-0.3, -0.25) is 4.72 Å². The molecular weight excluding hydrogens is 310 g/mol. The molecule has 0 heterocycles. The first-order valence-electron chi connectivity index (χ1n) is 7.23. The Labute approximate surface area is 137 Å². The number of ether oxygens (including phenoxy) is 1. The SMILES string of the molecule is COc1cccc(NS(=O)(=O)/C=C/c2c(C)cc(C)cc2C)c1. The van der Waals surface area contributed by atoms with Crippen molar-refractivity contribution in [3.05, 3.63) is 64.1 Å². The van der Waals surface area contributed by atoms with Gasteiger partial charge in [-0.15, -0.1) is 0 Å². The minimum atomic E-state index is -3.59. The number of hydrogen-bond donors (Lipinski definition) is 1. The molecule has 0 fully saturated rings. The maximum atomic E-state index is 12.2. The molecule has 2 aromatic carbocycles. The molecule has 1 N–H and O–H groups in total. The first-order chi connectivity index (χ1) is 10.8. The van der Waals surface area contributed by atoms with Crippen LogP contribution in [-0.2, 0) is 10.0 Å². The number of benzene rings is 2. The van der Waals surface area contributed by atoms with Gasteiger partial charge in [0.05, 0.1) is 18.2 Å². The first kappa shape index (κ1) is 17.1. The van der Waals surface area contributed by atoms with Crippen LogP contribution >= 0.6 is 0 Å². The highest BCUT2D eigenvalue weighted by Gasteiger charge is 2.08. The van der Waals surface area contributed by atoms with Crippen LogP contribution in [0.4, 0.5) is 5.69 Å². The maximum absolute atomic E-state index is 12.2. The fourth-order valence-electron chi connectivity index (χ4n) is 2.50. The van der Waals surface area contributed by atoms with Crippen LogP contribution in [0.15, 0.2) is 41.8 Å². The van der Waals surface area contributed by atoms with Crippen LogP contribution in [0.25, 0.3) is 6.08 Å². The molecule has 0 aromatic heterocycles. The Balaban J connectivity index is 2.24. The Bertz CT molecular complexity index is 816. The standard InChI is InChI=1S/C18H21NO3S/c1-13-10-14(2)18(15(3)11-13)8-9-23(20,21)19-16-6-5-7-17(12-16)22-4/h5-12,19H,1-4H3/b9-8+. The summed E-state index contributed by atoms with van der Waals surface area (Å²) < 4.78 is 32.1. The summed E-state index contributed by atoms with van der Waals surface area (Å²) in [5.74, 6) is 0.597. The summed E-state index contributed by atoms with van der Waals surface area (Å²) in [5, 5.41) is 1.19. The average molecular weight is 331 g/mol. The summed E-state index contributed by atoms with van der Waals surface area (Å²) >= 11 is 0. The van der Waals surface area contributed by atoms with Gasteiger partial charge in [0.25, 0.3) is 10.0 Å². The molecule has 0 atom stereocenters. The van der Waals surface area contributed by atoms with Crippen molar-refractivity contribution in [2.24, 2.45) is 0 Å². The van der Waals surface area contributed by atoms with Crippen LogP contribution in [0.5, 0.6) is 5.75 Å². The lowest BCUT2D eigenvalue weighted by Gasteiger charge is -2.08. The summed E-state index contributed by atoms with van der Waals surface area (Å²) in [6, 6.07) is 10.9. The summed E-state index contributed by atoms with van der Waals surface area (Å²) in [4.78, 5) is 0. The highest BCUT2D eigenvalue weighted by Crippen LogP contribution is 2.20. The Morgan fingerprint density at radius 3 is 2.30 bits per heavy atom. The number of anilines is 1. The van der Waals surface area contributed by atoms with Crippen LogP contribution in [0.2, 0.25) is 0 Å². The van der Waals surface area contributed by atoms with E-state index in [1.165, 1.54) is 12.5 Å².